The van der Waals surface area contributed by atoms with Gasteiger partial charge in [0.15, 0.2) is 11.5 Å². The van der Waals surface area contributed by atoms with E-state index < -0.39 is 16.7 Å². The number of nitrogens with zero attached hydrogens (tertiary/aromatic N) is 4. The molecule has 0 saturated heterocycles. The zero-order chi connectivity index (χ0) is 15.6. The van der Waals surface area contributed by atoms with Gasteiger partial charge < -0.3 is 9.62 Å². The molecule has 0 spiro atoms. The minimum absolute atomic E-state index is 0.0833. The summed E-state index contributed by atoms with van der Waals surface area (Å²) in [7, 11) is 1.63. The molecular formula is C11H11N5O5. The normalized spacial score (nSPS) is 11.0. The summed E-state index contributed by atoms with van der Waals surface area (Å²) in [6.07, 6.45) is 2.31. The topological polar surface area (TPSA) is 130 Å². The van der Waals surface area contributed by atoms with Crippen molar-refractivity contribution in [2.75, 3.05) is 0 Å². The van der Waals surface area contributed by atoms with Crippen LogP contribution in [0.4, 0.5) is 5.88 Å². The second-order valence-corrected chi connectivity index (χ2v) is 4.12. The molecule has 0 radical (unpaired) electrons. The fourth-order valence-electron chi connectivity index (χ4n) is 1.61. The fourth-order valence-corrected chi connectivity index (χ4v) is 1.61. The van der Waals surface area contributed by atoms with Gasteiger partial charge in [0, 0.05) is 6.92 Å². The molecule has 0 aliphatic carbocycles. The van der Waals surface area contributed by atoms with Crippen molar-refractivity contribution < 1.29 is 18.9 Å². The predicted molar refractivity (Wildman–Crippen MR) is 69.5 cm³/mol. The molecular weight excluding hydrogens is 282 g/mol. The van der Waals surface area contributed by atoms with E-state index in [0.717, 1.165) is 12.3 Å². The minimum Gasteiger partial charge on any atom is -0.710 e. The highest BCUT2D eigenvalue weighted by Crippen LogP contribution is 2.13. The quantitative estimate of drug-likeness (QED) is 0.283. The third-order valence-corrected chi connectivity index (χ3v) is 2.74. The van der Waals surface area contributed by atoms with Crippen molar-refractivity contribution in [1.29, 1.82) is 0 Å². The number of rotatable bonds is 4. The number of aryl methyl sites for hydroxylation is 1. The van der Waals surface area contributed by atoms with E-state index in [4.69, 9.17) is 4.42 Å². The zero-order valence-corrected chi connectivity index (χ0v) is 11.1. The molecule has 1 N–H and O–H groups in total. The van der Waals surface area contributed by atoms with Gasteiger partial charge >= 0.3 is 11.8 Å². The Hall–Kier alpha value is -3.17. The highest BCUT2D eigenvalue weighted by molar-refractivity contribution is 5.92. The maximum atomic E-state index is 11.8. The summed E-state index contributed by atoms with van der Waals surface area (Å²) in [4.78, 5) is 21.5. The average Bonchev–Trinajstić information content (AvgIpc) is 2.96. The molecule has 2 rings (SSSR count). The van der Waals surface area contributed by atoms with Gasteiger partial charge in [0.25, 0.3) is 0 Å². The second-order valence-electron chi connectivity index (χ2n) is 4.12. The van der Waals surface area contributed by atoms with E-state index in [1.165, 1.54) is 17.0 Å². The first-order chi connectivity index (χ1) is 9.90. The molecule has 0 aromatic carbocycles. The summed E-state index contributed by atoms with van der Waals surface area (Å²) < 4.78 is 6.74. The summed E-state index contributed by atoms with van der Waals surface area (Å²) in [6, 6.07) is 2.49. The number of carbonyl (C=O) groups excluding carboxylic acids is 1. The first kappa shape index (κ1) is 14.2. The SMILES string of the molecule is Cc1c(C(=O)N/N=C/c2ccc([N+](=O)[O-])o2)[n+]([O-])cn1C. The third-order valence-electron chi connectivity index (χ3n) is 2.74. The number of hydrogen-bond donors (Lipinski definition) is 1. The zero-order valence-electron chi connectivity index (χ0n) is 11.1. The number of furan rings is 1. The van der Waals surface area contributed by atoms with Crippen molar-refractivity contribution in [2.24, 2.45) is 12.1 Å². The Morgan fingerprint density at radius 3 is 2.81 bits per heavy atom. The first-order valence-electron chi connectivity index (χ1n) is 5.73. The Bertz CT molecular complexity index is 729. The van der Waals surface area contributed by atoms with Crippen LogP contribution in [0.5, 0.6) is 0 Å². The highest BCUT2D eigenvalue weighted by atomic mass is 16.6. The molecule has 21 heavy (non-hydrogen) atoms. The van der Waals surface area contributed by atoms with E-state index in [1.807, 2.05) is 0 Å². The number of hydrogen-bond acceptors (Lipinski definition) is 6. The molecule has 0 aliphatic heterocycles. The highest BCUT2D eigenvalue weighted by Gasteiger charge is 2.21. The first-order valence-corrected chi connectivity index (χ1v) is 5.73. The van der Waals surface area contributed by atoms with Gasteiger partial charge in [-0.1, -0.05) is 0 Å². The Balaban J connectivity index is 2.06. The third kappa shape index (κ3) is 2.88. The Kier molecular flexibility index (Phi) is 3.69. The smallest absolute Gasteiger partial charge is 0.433 e. The summed E-state index contributed by atoms with van der Waals surface area (Å²) in [6.45, 7) is 1.61. The lowest BCUT2D eigenvalue weighted by atomic mass is 10.3. The van der Waals surface area contributed by atoms with Crippen LogP contribution in [0, 0.1) is 22.2 Å². The van der Waals surface area contributed by atoms with Crippen molar-refractivity contribution in [3.05, 3.63) is 50.9 Å². The van der Waals surface area contributed by atoms with Gasteiger partial charge in [-0.2, -0.15) is 5.10 Å². The number of amides is 1. The Labute approximate surface area is 118 Å². The number of imidazole rings is 1. The van der Waals surface area contributed by atoms with Crippen LogP contribution in [0.3, 0.4) is 0 Å². The maximum Gasteiger partial charge on any atom is 0.433 e. The van der Waals surface area contributed by atoms with Gasteiger partial charge in [0.2, 0.25) is 12.0 Å². The van der Waals surface area contributed by atoms with E-state index >= 15 is 0 Å². The van der Waals surface area contributed by atoms with Gasteiger partial charge in [0.05, 0.1) is 19.3 Å². The van der Waals surface area contributed by atoms with Crippen molar-refractivity contribution in [2.45, 2.75) is 6.92 Å². The van der Waals surface area contributed by atoms with Gasteiger partial charge in [-0.15, -0.1) is 0 Å². The molecule has 0 saturated carbocycles. The number of nitro groups is 1. The van der Waals surface area contributed by atoms with Crippen molar-refractivity contribution >= 4 is 18.0 Å². The van der Waals surface area contributed by atoms with E-state index in [-0.39, 0.29) is 11.5 Å². The maximum absolute atomic E-state index is 11.8. The molecule has 2 heterocycles. The predicted octanol–water partition coefficient (Wildman–Crippen LogP) is 0.232. The summed E-state index contributed by atoms with van der Waals surface area (Å²) in [5.41, 5.74) is 2.54. The van der Waals surface area contributed by atoms with Gasteiger partial charge in [-0.3, -0.25) is 14.9 Å². The van der Waals surface area contributed by atoms with Gasteiger partial charge in [-0.25, -0.2) is 14.7 Å². The van der Waals surface area contributed by atoms with Crippen LogP contribution in [0.25, 0.3) is 0 Å². The van der Waals surface area contributed by atoms with Crippen LogP contribution in [-0.2, 0) is 7.05 Å². The average molecular weight is 293 g/mol. The second kappa shape index (κ2) is 5.45. The minimum atomic E-state index is -0.694. The van der Waals surface area contributed by atoms with Crippen LogP contribution < -0.4 is 10.2 Å². The molecule has 10 nitrogen and oxygen atoms in total. The lowest BCUT2D eigenvalue weighted by Gasteiger charge is -2.01. The number of nitrogens with one attached hydrogen (secondary N) is 1. The van der Waals surface area contributed by atoms with Gasteiger partial charge in [-0.05, 0) is 6.07 Å². The van der Waals surface area contributed by atoms with Crippen LogP contribution in [-0.4, -0.2) is 21.6 Å². The van der Waals surface area contributed by atoms with Crippen molar-refractivity contribution in [3.63, 3.8) is 0 Å². The monoisotopic (exact) mass is 293 g/mol. The summed E-state index contributed by atoms with van der Waals surface area (Å²) >= 11 is 0. The number of aromatic nitrogens is 2. The number of carbonyl (C=O) groups is 1. The van der Waals surface area contributed by atoms with E-state index in [1.54, 1.807) is 14.0 Å². The van der Waals surface area contributed by atoms with Crippen molar-refractivity contribution in [3.8, 4) is 0 Å². The molecule has 0 unspecified atom stereocenters. The molecule has 0 bridgehead atoms. The molecule has 2 aromatic rings. The molecule has 0 atom stereocenters. The van der Waals surface area contributed by atoms with Gasteiger partial charge in [0.1, 0.15) is 4.92 Å². The molecule has 0 aliphatic rings. The summed E-state index contributed by atoms with van der Waals surface area (Å²) in [5, 5.41) is 25.5. The van der Waals surface area contributed by atoms with E-state index in [0.29, 0.717) is 10.4 Å². The van der Waals surface area contributed by atoms with Crippen LogP contribution in [0.1, 0.15) is 21.9 Å². The Morgan fingerprint density at radius 1 is 1.57 bits per heavy atom. The molecule has 0 fully saturated rings. The number of hydrazone groups is 1. The van der Waals surface area contributed by atoms with Crippen molar-refractivity contribution in [1.82, 2.24) is 9.99 Å². The molecule has 110 valence electrons. The molecule has 2 aromatic heterocycles. The largest absolute Gasteiger partial charge is 0.710 e. The van der Waals surface area contributed by atoms with Crippen LogP contribution >= 0.6 is 0 Å². The van der Waals surface area contributed by atoms with Crippen LogP contribution in [0.2, 0.25) is 0 Å². The molecule has 10 heteroatoms. The van der Waals surface area contributed by atoms with E-state index in [2.05, 4.69) is 10.5 Å². The standard InChI is InChI=1S/C11H11N5O5/c1-7-10(15(18)6-14(7)2)11(17)13-12-5-8-3-4-9(21-8)16(19)20/h3-6H,1-2H3,(H,13,17)/b12-5+. The fraction of sp³-hybridized carbons (Fsp3) is 0.182. The lowest BCUT2D eigenvalue weighted by Crippen LogP contribution is -2.36. The summed E-state index contributed by atoms with van der Waals surface area (Å²) in [5.74, 6) is -1.03. The van der Waals surface area contributed by atoms with Crippen LogP contribution in [0.15, 0.2) is 28.0 Å². The molecule has 1 amide bonds. The Morgan fingerprint density at radius 2 is 2.29 bits per heavy atom. The lowest BCUT2D eigenvalue weighted by molar-refractivity contribution is -0.607. The van der Waals surface area contributed by atoms with E-state index in [9.17, 15) is 20.1 Å².